The topological polar surface area (TPSA) is 76.5 Å². The van der Waals surface area contributed by atoms with Gasteiger partial charge in [0.2, 0.25) is 5.43 Å². The summed E-state index contributed by atoms with van der Waals surface area (Å²) in [4.78, 5) is 32.3. The average molecular weight is 342 g/mol. The second-order valence-corrected chi connectivity index (χ2v) is 5.66. The molecule has 1 aromatic carbocycles. The maximum absolute atomic E-state index is 12.8. The number of ether oxygens (including phenoxy) is 1. The molecule has 0 unspecified atom stereocenters. The van der Waals surface area contributed by atoms with E-state index >= 15 is 0 Å². The van der Waals surface area contributed by atoms with Gasteiger partial charge in [-0.05, 0) is 19.1 Å². The van der Waals surface area contributed by atoms with Crippen LogP contribution < -0.4 is 5.43 Å². The van der Waals surface area contributed by atoms with Crippen molar-refractivity contribution in [1.29, 1.82) is 0 Å². The van der Waals surface area contributed by atoms with Crippen LogP contribution in [0, 0.1) is 0 Å². The highest BCUT2D eigenvalue weighted by molar-refractivity contribution is 6.30. The number of pyridine rings is 2. The molecule has 0 aliphatic heterocycles. The molecule has 0 aliphatic rings. The van der Waals surface area contributed by atoms with Crippen molar-refractivity contribution in [3.8, 4) is 0 Å². The summed E-state index contributed by atoms with van der Waals surface area (Å²) in [5.41, 5.74) is 2.12. The lowest BCUT2D eigenvalue weighted by Crippen LogP contribution is -2.20. The Kier molecular flexibility index (Phi) is 3.28. The van der Waals surface area contributed by atoms with Crippen molar-refractivity contribution in [2.24, 2.45) is 0 Å². The molecule has 1 N–H and O–H groups in total. The molecular weight excluding hydrogens is 330 g/mol. The Morgan fingerprint density at radius 1 is 1.33 bits per heavy atom. The summed E-state index contributed by atoms with van der Waals surface area (Å²) in [5.74, 6) is -0.664. The lowest BCUT2D eigenvalue weighted by atomic mass is 10.1. The highest BCUT2D eigenvalue weighted by Crippen LogP contribution is 2.24. The van der Waals surface area contributed by atoms with Crippen LogP contribution in [0.3, 0.4) is 0 Å². The Labute approximate surface area is 140 Å². The van der Waals surface area contributed by atoms with E-state index in [2.05, 4.69) is 9.97 Å². The van der Waals surface area contributed by atoms with E-state index in [1.54, 1.807) is 17.4 Å². The quantitative estimate of drug-likeness (QED) is 0.449. The highest BCUT2D eigenvalue weighted by atomic mass is 35.5. The van der Waals surface area contributed by atoms with E-state index in [1.807, 2.05) is 24.3 Å². The monoisotopic (exact) mass is 341 g/mol. The Morgan fingerprint density at radius 3 is 2.92 bits per heavy atom. The van der Waals surface area contributed by atoms with Gasteiger partial charge in [0, 0.05) is 12.3 Å². The van der Waals surface area contributed by atoms with E-state index in [-0.39, 0.29) is 17.3 Å². The smallest absolute Gasteiger partial charge is 0.345 e. The van der Waals surface area contributed by atoms with E-state index in [1.165, 1.54) is 6.20 Å². The second kappa shape index (κ2) is 5.35. The molecular formula is C17H12ClN3O3. The molecule has 0 fully saturated rings. The minimum absolute atomic E-state index is 0.0373. The summed E-state index contributed by atoms with van der Waals surface area (Å²) in [6.07, 6.45) is 1.39. The Hall–Kier alpha value is -2.86. The molecule has 0 aliphatic carbocycles. The molecule has 3 heterocycles. The number of nitrogens with zero attached hydrogens (tertiary/aromatic N) is 2. The van der Waals surface area contributed by atoms with Crippen LogP contribution in [-0.2, 0) is 4.74 Å². The Balaban J connectivity index is 2.30. The maximum atomic E-state index is 12.8. The number of H-pyrrole nitrogens is 1. The van der Waals surface area contributed by atoms with Crippen LogP contribution in [-0.4, -0.2) is 26.9 Å². The van der Waals surface area contributed by atoms with E-state index < -0.39 is 11.4 Å². The van der Waals surface area contributed by atoms with E-state index in [4.69, 9.17) is 16.3 Å². The van der Waals surface area contributed by atoms with Gasteiger partial charge in [-0.25, -0.2) is 9.78 Å². The number of nitrogens with one attached hydrogen (secondary N) is 1. The van der Waals surface area contributed by atoms with Crippen LogP contribution in [0.2, 0.25) is 5.15 Å². The number of benzene rings is 1. The van der Waals surface area contributed by atoms with Gasteiger partial charge in [0.1, 0.15) is 16.4 Å². The average Bonchev–Trinajstić information content (AvgIpc) is 2.94. The number of aromatic nitrogens is 3. The number of imidazole rings is 1. The minimum atomic E-state index is -0.664. The molecule has 0 atom stereocenters. The number of hydrogen-bond acceptors (Lipinski definition) is 4. The van der Waals surface area contributed by atoms with Crippen LogP contribution in [0.5, 0.6) is 0 Å². The summed E-state index contributed by atoms with van der Waals surface area (Å²) >= 11 is 6.01. The lowest BCUT2D eigenvalue weighted by Gasteiger charge is -2.08. The van der Waals surface area contributed by atoms with Crippen LogP contribution in [0.25, 0.3) is 27.6 Å². The third-order valence-corrected chi connectivity index (χ3v) is 4.11. The van der Waals surface area contributed by atoms with Gasteiger partial charge in [-0.3, -0.25) is 9.20 Å². The molecule has 0 bridgehead atoms. The number of rotatable bonds is 2. The zero-order valence-electron chi connectivity index (χ0n) is 12.7. The zero-order valence-corrected chi connectivity index (χ0v) is 13.4. The zero-order chi connectivity index (χ0) is 16.8. The van der Waals surface area contributed by atoms with E-state index in [0.717, 1.165) is 11.0 Å². The number of carbonyl (C=O) groups is 1. The van der Waals surface area contributed by atoms with Crippen molar-refractivity contribution in [2.75, 3.05) is 6.61 Å². The Bertz CT molecular complexity index is 1180. The van der Waals surface area contributed by atoms with Crippen molar-refractivity contribution in [3.63, 3.8) is 0 Å². The second-order valence-electron chi connectivity index (χ2n) is 5.27. The molecule has 6 nitrogen and oxygen atoms in total. The van der Waals surface area contributed by atoms with Gasteiger partial charge < -0.3 is 9.72 Å². The first kappa shape index (κ1) is 14.7. The predicted molar refractivity (Wildman–Crippen MR) is 91.8 cm³/mol. The van der Waals surface area contributed by atoms with Crippen LogP contribution in [0.15, 0.2) is 41.3 Å². The fourth-order valence-electron chi connectivity index (χ4n) is 2.92. The molecule has 3 aromatic heterocycles. The predicted octanol–water partition coefficient (Wildman–Crippen LogP) is 3.16. The molecule has 120 valence electrons. The van der Waals surface area contributed by atoms with Crippen molar-refractivity contribution >= 4 is 45.2 Å². The number of hydrogen-bond donors (Lipinski definition) is 1. The van der Waals surface area contributed by atoms with Crippen LogP contribution in [0.4, 0.5) is 0 Å². The molecule has 4 rings (SSSR count). The fraction of sp³-hybridized carbons (Fsp3) is 0.118. The largest absolute Gasteiger partial charge is 0.462 e. The third-order valence-electron chi connectivity index (χ3n) is 3.90. The van der Waals surface area contributed by atoms with Gasteiger partial charge in [0.15, 0.2) is 0 Å². The van der Waals surface area contributed by atoms with Crippen molar-refractivity contribution in [1.82, 2.24) is 14.4 Å². The first-order valence-corrected chi connectivity index (χ1v) is 7.77. The van der Waals surface area contributed by atoms with Gasteiger partial charge in [-0.2, -0.15) is 0 Å². The van der Waals surface area contributed by atoms with Gasteiger partial charge in [0.05, 0.1) is 28.5 Å². The first-order valence-electron chi connectivity index (χ1n) is 7.39. The van der Waals surface area contributed by atoms with Crippen molar-refractivity contribution in [3.05, 3.63) is 57.5 Å². The molecule has 0 spiro atoms. The third kappa shape index (κ3) is 2.00. The molecule has 24 heavy (non-hydrogen) atoms. The van der Waals surface area contributed by atoms with Crippen molar-refractivity contribution in [2.45, 2.75) is 6.92 Å². The number of carbonyl (C=O) groups excluding carboxylic acids is 1. The van der Waals surface area contributed by atoms with Crippen LogP contribution in [0.1, 0.15) is 17.3 Å². The maximum Gasteiger partial charge on any atom is 0.345 e. The summed E-state index contributed by atoms with van der Waals surface area (Å²) in [6.45, 7) is 1.88. The van der Waals surface area contributed by atoms with Crippen molar-refractivity contribution < 1.29 is 9.53 Å². The molecule has 4 aromatic rings. The van der Waals surface area contributed by atoms with Gasteiger partial charge in [-0.1, -0.05) is 23.7 Å². The summed E-state index contributed by atoms with van der Waals surface area (Å²) in [5, 5.41) is 0.578. The molecule has 0 amide bonds. The Morgan fingerprint density at radius 2 is 2.12 bits per heavy atom. The number of halogens is 1. The van der Waals surface area contributed by atoms with Gasteiger partial charge in [-0.15, -0.1) is 0 Å². The van der Waals surface area contributed by atoms with E-state index in [9.17, 15) is 9.59 Å². The number of aromatic amines is 1. The lowest BCUT2D eigenvalue weighted by molar-refractivity contribution is 0.0527. The highest BCUT2D eigenvalue weighted by Gasteiger charge is 2.22. The van der Waals surface area contributed by atoms with Gasteiger partial charge >= 0.3 is 5.97 Å². The molecule has 0 saturated carbocycles. The number of fused-ring (bicyclic) bond motifs is 5. The fourth-order valence-corrected chi connectivity index (χ4v) is 3.07. The summed E-state index contributed by atoms with van der Waals surface area (Å²) in [7, 11) is 0. The van der Waals surface area contributed by atoms with Gasteiger partial charge in [0.25, 0.3) is 0 Å². The van der Waals surface area contributed by atoms with E-state index in [0.29, 0.717) is 16.6 Å². The standard InChI is InChI=1S/C17H12ClN3O3/c1-2-24-17(23)14-15(22)9-8-19-13(18)7-12(9)21-11-6-4-3-5-10(11)20-16(14)21/h3-8,20H,2H2,1H3. The first-order chi connectivity index (χ1) is 11.6. The molecule has 7 heteroatoms. The normalized spacial score (nSPS) is 11.4. The summed E-state index contributed by atoms with van der Waals surface area (Å²) < 4.78 is 6.86. The van der Waals surface area contributed by atoms with Crippen LogP contribution >= 0.6 is 11.6 Å². The molecule has 0 radical (unpaired) electrons. The minimum Gasteiger partial charge on any atom is -0.462 e. The SMILES string of the molecule is CCOC(=O)c1c(=O)c2cnc(Cl)cc2n2c1[nH]c1ccccc12. The number of esters is 1. The molecule has 0 saturated heterocycles. The number of para-hydroxylation sites is 2. The summed E-state index contributed by atoms with van der Waals surface area (Å²) in [6, 6.07) is 9.13.